The van der Waals surface area contributed by atoms with Gasteiger partial charge in [-0.2, -0.15) is 0 Å². The molecule has 2 fully saturated rings. The van der Waals surface area contributed by atoms with E-state index in [2.05, 4.69) is 42.2 Å². The fourth-order valence-electron chi connectivity index (χ4n) is 4.15. The Morgan fingerprint density at radius 3 is 2.71 bits per heavy atom. The zero-order chi connectivity index (χ0) is 14.8. The van der Waals surface area contributed by atoms with Gasteiger partial charge in [0.15, 0.2) is 0 Å². The average molecular weight is 288 g/mol. The minimum absolute atomic E-state index is 0.872. The molecule has 0 aromatic carbocycles. The molecule has 0 spiro atoms. The van der Waals surface area contributed by atoms with Crippen LogP contribution in [0.2, 0.25) is 0 Å². The van der Waals surface area contributed by atoms with E-state index in [0.717, 1.165) is 54.7 Å². The van der Waals surface area contributed by atoms with Crippen LogP contribution in [0, 0.1) is 17.8 Å². The Hall–Kier alpha value is -1.32. The molecule has 1 heterocycles. The summed E-state index contributed by atoms with van der Waals surface area (Å²) >= 11 is 0. The largest absolute Gasteiger partial charge is 0.370 e. The number of nitrogens with one attached hydrogen (secondary N) is 1. The highest BCUT2D eigenvalue weighted by molar-refractivity contribution is 5.49. The molecule has 2 bridgehead atoms. The third-order valence-corrected chi connectivity index (χ3v) is 5.22. The fourth-order valence-corrected chi connectivity index (χ4v) is 4.15. The maximum absolute atomic E-state index is 4.71. The van der Waals surface area contributed by atoms with Crippen molar-refractivity contribution in [2.45, 2.75) is 46.0 Å². The highest BCUT2D eigenvalue weighted by Crippen LogP contribution is 2.48. The molecular formula is C17H28N4. The maximum atomic E-state index is 4.71. The zero-order valence-electron chi connectivity index (χ0n) is 13.6. The third kappa shape index (κ3) is 3.14. The van der Waals surface area contributed by atoms with Gasteiger partial charge in [-0.3, -0.25) is 0 Å². The van der Waals surface area contributed by atoms with Gasteiger partial charge in [0.05, 0.1) is 0 Å². The molecule has 1 N–H and O–H groups in total. The number of hydrogen-bond donors (Lipinski definition) is 1. The van der Waals surface area contributed by atoms with Gasteiger partial charge in [0.25, 0.3) is 0 Å². The van der Waals surface area contributed by atoms with Crippen LogP contribution >= 0.6 is 0 Å². The molecule has 116 valence electrons. The summed E-state index contributed by atoms with van der Waals surface area (Å²) in [6.45, 7) is 6.26. The summed E-state index contributed by atoms with van der Waals surface area (Å²) in [5.74, 6) is 5.82. The van der Waals surface area contributed by atoms with Gasteiger partial charge in [0.1, 0.15) is 17.5 Å². The first-order chi connectivity index (χ1) is 10.2. The molecule has 1 aromatic rings. The number of fused-ring (bicyclic) bond motifs is 2. The van der Waals surface area contributed by atoms with Crippen molar-refractivity contribution in [2.75, 3.05) is 30.4 Å². The predicted octanol–water partition coefficient (Wildman–Crippen LogP) is 3.34. The highest BCUT2D eigenvalue weighted by Gasteiger charge is 2.39. The van der Waals surface area contributed by atoms with Crippen LogP contribution in [-0.2, 0) is 6.42 Å². The van der Waals surface area contributed by atoms with E-state index in [1.807, 2.05) is 0 Å². The molecule has 21 heavy (non-hydrogen) atoms. The number of aromatic nitrogens is 2. The van der Waals surface area contributed by atoms with Crippen LogP contribution in [0.3, 0.4) is 0 Å². The van der Waals surface area contributed by atoms with Gasteiger partial charge in [-0.1, -0.05) is 13.3 Å². The molecule has 0 amide bonds. The molecule has 2 aliphatic rings. The Morgan fingerprint density at radius 1 is 1.24 bits per heavy atom. The van der Waals surface area contributed by atoms with E-state index in [9.17, 15) is 0 Å². The van der Waals surface area contributed by atoms with E-state index in [-0.39, 0.29) is 0 Å². The molecule has 2 aliphatic carbocycles. The summed E-state index contributed by atoms with van der Waals surface area (Å²) in [7, 11) is 2.18. The summed E-state index contributed by atoms with van der Waals surface area (Å²) in [5.41, 5.74) is 0. The molecule has 3 atom stereocenters. The summed E-state index contributed by atoms with van der Waals surface area (Å²) in [4.78, 5) is 11.6. The van der Waals surface area contributed by atoms with Gasteiger partial charge in [0.2, 0.25) is 0 Å². The van der Waals surface area contributed by atoms with Gasteiger partial charge in [-0.15, -0.1) is 0 Å². The van der Waals surface area contributed by atoms with Crippen LogP contribution in [0.1, 0.15) is 45.4 Å². The molecule has 2 saturated carbocycles. The molecule has 0 aliphatic heterocycles. The topological polar surface area (TPSA) is 41.0 Å². The Morgan fingerprint density at radius 2 is 2.10 bits per heavy atom. The number of nitrogens with zero attached hydrogens (tertiary/aromatic N) is 3. The van der Waals surface area contributed by atoms with E-state index in [4.69, 9.17) is 4.98 Å². The van der Waals surface area contributed by atoms with E-state index < -0.39 is 0 Å². The lowest BCUT2D eigenvalue weighted by Gasteiger charge is -2.28. The summed E-state index contributed by atoms with van der Waals surface area (Å²) in [6.07, 6.45) is 6.72. The van der Waals surface area contributed by atoms with Crippen molar-refractivity contribution in [3.63, 3.8) is 0 Å². The SMILES string of the molecule is CCNc1cc(N(C)CC2CC3CCC2C3)nc(CC)n1. The Labute approximate surface area is 128 Å². The smallest absolute Gasteiger partial charge is 0.134 e. The van der Waals surface area contributed by atoms with E-state index in [1.165, 1.54) is 25.7 Å². The molecule has 0 saturated heterocycles. The second-order valence-corrected chi connectivity index (χ2v) is 6.73. The second-order valence-electron chi connectivity index (χ2n) is 6.73. The molecule has 4 heteroatoms. The standard InChI is InChI=1S/C17H28N4/c1-4-15-19-16(18-5-2)10-17(20-15)21(3)11-14-9-12-6-7-13(14)8-12/h10,12-14H,4-9,11H2,1-3H3,(H,18,19,20). The molecule has 1 aromatic heterocycles. The van der Waals surface area contributed by atoms with Crippen molar-refractivity contribution in [2.24, 2.45) is 17.8 Å². The van der Waals surface area contributed by atoms with Gasteiger partial charge in [-0.25, -0.2) is 9.97 Å². The summed E-state index contributed by atoms with van der Waals surface area (Å²) in [6, 6.07) is 2.09. The lowest BCUT2D eigenvalue weighted by Crippen LogP contribution is -2.29. The van der Waals surface area contributed by atoms with Gasteiger partial charge >= 0.3 is 0 Å². The lowest BCUT2D eigenvalue weighted by molar-refractivity contribution is 0.337. The predicted molar refractivity (Wildman–Crippen MR) is 87.8 cm³/mol. The van der Waals surface area contributed by atoms with Crippen molar-refractivity contribution < 1.29 is 0 Å². The van der Waals surface area contributed by atoms with Gasteiger partial charge in [-0.05, 0) is 43.9 Å². The third-order valence-electron chi connectivity index (χ3n) is 5.22. The Balaban J connectivity index is 1.71. The molecular weight excluding hydrogens is 260 g/mol. The number of hydrogen-bond acceptors (Lipinski definition) is 4. The number of anilines is 2. The van der Waals surface area contributed by atoms with Crippen LogP contribution in [0.4, 0.5) is 11.6 Å². The first kappa shape index (κ1) is 14.6. The Kier molecular flexibility index (Phi) is 4.32. The average Bonchev–Trinajstić information content (AvgIpc) is 3.09. The van der Waals surface area contributed by atoms with Crippen LogP contribution in [0.15, 0.2) is 6.07 Å². The van der Waals surface area contributed by atoms with Crippen molar-refractivity contribution in [1.29, 1.82) is 0 Å². The van der Waals surface area contributed by atoms with Crippen molar-refractivity contribution in [3.8, 4) is 0 Å². The minimum atomic E-state index is 0.872. The van der Waals surface area contributed by atoms with Crippen LogP contribution < -0.4 is 10.2 Å². The molecule has 3 rings (SSSR count). The van der Waals surface area contributed by atoms with E-state index >= 15 is 0 Å². The van der Waals surface area contributed by atoms with Crippen LogP contribution in [0.25, 0.3) is 0 Å². The van der Waals surface area contributed by atoms with E-state index in [1.54, 1.807) is 0 Å². The Bertz CT molecular complexity index is 488. The van der Waals surface area contributed by atoms with Crippen molar-refractivity contribution >= 4 is 11.6 Å². The van der Waals surface area contributed by atoms with Crippen molar-refractivity contribution in [3.05, 3.63) is 11.9 Å². The first-order valence-electron chi connectivity index (χ1n) is 8.52. The number of rotatable bonds is 6. The molecule has 4 nitrogen and oxygen atoms in total. The normalized spacial score (nSPS) is 27.1. The monoisotopic (exact) mass is 288 g/mol. The van der Waals surface area contributed by atoms with E-state index in [0.29, 0.717) is 0 Å². The quantitative estimate of drug-likeness (QED) is 0.871. The second kappa shape index (κ2) is 6.20. The molecule has 3 unspecified atom stereocenters. The summed E-state index contributed by atoms with van der Waals surface area (Å²) in [5, 5.41) is 3.32. The molecule has 0 radical (unpaired) electrons. The summed E-state index contributed by atoms with van der Waals surface area (Å²) < 4.78 is 0. The number of aryl methyl sites for hydroxylation is 1. The van der Waals surface area contributed by atoms with Gasteiger partial charge < -0.3 is 10.2 Å². The lowest BCUT2D eigenvalue weighted by atomic mass is 9.88. The highest BCUT2D eigenvalue weighted by atomic mass is 15.2. The van der Waals surface area contributed by atoms with Crippen LogP contribution in [0.5, 0.6) is 0 Å². The minimum Gasteiger partial charge on any atom is -0.370 e. The van der Waals surface area contributed by atoms with Crippen LogP contribution in [-0.4, -0.2) is 30.1 Å². The van der Waals surface area contributed by atoms with Gasteiger partial charge in [0, 0.05) is 32.6 Å². The van der Waals surface area contributed by atoms with Crippen molar-refractivity contribution in [1.82, 2.24) is 9.97 Å². The first-order valence-corrected chi connectivity index (χ1v) is 8.52. The fraction of sp³-hybridized carbons (Fsp3) is 0.765. The zero-order valence-corrected chi connectivity index (χ0v) is 13.6. The maximum Gasteiger partial charge on any atom is 0.134 e.